The number of aromatic nitrogens is 1. The Morgan fingerprint density at radius 2 is 1.88 bits per heavy atom. The fourth-order valence-corrected chi connectivity index (χ4v) is 2.36. The number of aliphatic imine (C=N–C) groups is 1. The van der Waals surface area contributed by atoms with Crippen LogP contribution >= 0.6 is 24.0 Å². The highest BCUT2D eigenvalue weighted by Gasteiger charge is 2.01. The average molecular weight is 442 g/mol. The molecule has 0 amide bonds. The smallest absolute Gasteiger partial charge is 0.191 e. The number of methoxy groups -OCH3 is 1. The second-order valence-electron chi connectivity index (χ2n) is 5.17. The maximum absolute atomic E-state index is 5.37. The minimum atomic E-state index is 0. The summed E-state index contributed by atoms with van der Waals surface area (Å²) in [6.45, 7) is 5.41. The van der Waals surface area contributed by atoms with E-state index in [-0.39, 0.29) is 24.0 Å². The van der Waals surface area contributed by atoms with Crippen molar-refractivity contribution in [2.45, 2.75) is 19.9 Å². The van der Waals surface area contributed by atoms with E-state index in [2.05, 4.69) is 45.6 Å². The van der Waals surface area contributed by atoms with Gasteiger partial charge in [-0.1, -0.05) is 18.2 Å². The standard InChI is InChI=1S/C18H26N4O.HI/c1-3-19-18(21-12-15-22-13-6-7-14-22)20-11-10-16-8-4-5-9-17(16)23-2;/h4-9,13-14H,3,10-12,15H2,1-2H3,(H2,19,20,21);1H. The molecule has 0 saturated heterocycles. The van der Waals surface area contributed by atoms with Crippen LogP contribution in [-0.2, 0) is 13.0 Å². The summed E-state index contributed by atoms with van der Waals surface area (Å²) in [7, 11) is 1.70. The van der Waals surface area contributed by atoms with Gasteiger partial charge in [-0.3, -0.25) is 4.99 Å². The van der Waals surface area contributed by atoms with Gasteiger partial charge in [0.25, 0.3) is 0 Å². The molecule has 0 aliphatic rings. The second kappa shape index (κ2) is 11.8. The van der Waals surface area contributed by atoms with E-state index in [1.54, 1.807) is 7.11 Å². The maximum atomic E-state index is 5.37. The van der Waals surface area contributed by atoms with Crippen LogP contribution in [0.3, 0.4) is 0 Å². The van der Waals surface area contributed by atoms with E-state index in [9.17, 15) is 0 Å². The summed E-state index contributed by atoms with van der Waals surface area (Å²) in [5, 5.41) is 6.64. The summed E-state index contributed by atoms with van der Waals surface area (Å²) >= 11 is 0. The molecular formula is C18H27IN4O. The topological polar surface area (TPSA) is 50.6 Å². The van der Waals surface area contributed by atoms with Crippen molar-refractivity contribution < 1.29 is 4.74 Å². The summed E-state index contributed by atoms with van der Waals surface area (Å²) in [6, 6.07) is 12.2. The Hall–Kier alpha value is -1.70. The number of ether oxygens (including phenoxy) is 1. The molecule has 0 radical (unpaired) electrons. The van der Waals surface area contributed by atoms with Gasteiger partial charge in [0.05, 0.1) is 7.11 Å². The predicted octanol–water partition coefficient (Wildman–Crippen LogP) is 2.91. The van der Waals surface area contributed by atoms with Crippen LogP contribution in [0.4, 0.5) is 0 Å². The average Bonchev–Trinajstić information content (AvgIpc) is 3.08. The molecule has 24 heavy (non-hydrogen) atoms. The molecule has 2 aromatic rings. The minimum absolute atomic E-state index is 0. The lowest BCUT2D eigenvalue weighted by Gasteiger charge is -2.12. The van der Waals surface area contributed by atoms with Gasteiger partial charge < -0.3 is 19.9 Å². The predicted molar refractivity (Wildman–Crippen MR) is 111 cm³/mol. The van der Waals surface area contributed by atoms with Crippen molar-refractivity contribution in [3.05, 3.63) is 54.4 Å². The fourth-order valence-electron chi connectivity index (χ4n) is 2.36. The van der Waals surface area contributed by atoms with Crippen molar-refractivity contribution in [2.75, 3.05) is 26.7 Å². The van der Waals surface area contributed by atoms with Gasteiger partial charge in [0.15, 0.2) is 5.96 Å². The lowest BCUT2D eigenvalue weighted by Crippen LogP contribution is -2.39. The lowest BCUT2D eigenvalue weighted by molar-refractivity contribution is 0.410. The number of rotatable bonds is 8. The van der Waals surface area contributed by atoms with Crippen LogP contribution in [0.15, 0.2) is 53.8 Å². The molecule has 2 rings (SSSR count). The molecule has 0 unspecified atom stereocenters. The molecule has 0 aliphatic carbocycles. The first-order valence-electron chi connectivity index (χ1n) is 8.08. The van der Waals surface area contributed by atoms with Crippen molar-refractivity contribution >= 4 is 29.9 Å². The molecule has 5 nitrogen and oxygen atoms in total. The zero-order chi connectivity index (χ0) is 16.3. The van der Waals surface area contributed by atoms with Crippen LogP contribution in [0.1, 0.15) is 12.5 Å². The highest BCUT2D eigenvalue weighted by Crippen LogP contribution is 2.17. The van der Waals surface area contributed by atoms with Gasteiger partial charge in [0.1, 0.15) is 5.75 Å². The van der Waals surface area contributed by atoms with Gasteiger partial charge in [-0.05, 0) is 37.1 Å². The van der Waals surface area contributed by atoms with Crippen LogP contribution in [0.25, 0.3) is 0 Å². The summed E-state index contributed by atoms with van der Waals surface area (Å²) in [5.41, 5.74) is 1.18. The Bertz CT molecular complexity index is 599. The third-order valence-corrected chi connectivity index (χ3v) is 3.52. The van der Waals surface area contributed by atoms with Crippen LogP contribution < -0.4 is 15.4 Å². The summed E-state index contributed by atoms with van der Waals surface area (Å²) in [6.07, 6.45) is 4.99. The largest absolute Gasteiger partial charge is 0.496 e. The number of benzene rings is 1. The molecule has 132 valence electrons. The highest BCUT2D eigenvalue weighted by atomic mass is 127. The Balaban J connectivity index is 0.00000288. The highest BCUT2D eigenvalue weighted by molar-refractivity contribution is 14.0. The van der Waals surface area contributed by atoms with Crippen LogP contribution in [0, 0.1) is 0 Å². The molecule has 0 saturated carbocycles. The Kier molecular flexibility index (Phi) is 9.98. The van der Waals surface area contributed by atoms with E-state index in [0.717, 1.165) is 44.3 Å². The molecule has 0 bridgehead atoms. The maximum Gasteiger partial charge on any atom is 0.191 e. The quantitative estimate of drug-likeness (QED) is 0.376. The molecule has 0 aliphatic heterocycles. The number of para-hydroxylation sites is 1. The molecule has 1 heterocycles. The minimum Gasteiger partial charge on any atom is -0.496 e. The Morgan fingerprint density at radius 1 is 1.12 bits per heavy atom. The Labute approximate surface area is 161 Å². The van der Waals surface area contributed by atoms with E-state index >= 15 is 0 Å². The summed E-state index contributed by atoms with van der Waals surface area (Å²) in [4.78, 5) is 4.63. The first-order valence-corrected chi connectivity index (χ1v) is 8.08. The third kappa shape index (κ3) is 6.82. The number of hydrogen-bond acceptors (Lipinski definition) is 2. The van der Waals surface area contributed by atoms with Gasteiger partial charge in [0.2, 0.25) is 0 Å². The van der Waals surface area contributed by atoms with Crippen LogP contribution in [0.5, 0.6) is 5.75 Å². The fraction of sp³-hybridized carbons (Fsp3) is 0.389. The van der Waals surface area contributed by atoms with E-state index in [1.807, 2.05) is 30.3 Å². The van der Waals surface area contributed by atoms with Gasteiger partial charge in [0, 0.05) is 38.6 Å². The summed E-state index contributed by atoms with van der Waals surface area (Å²) < 4.78 is 7.52. The van der Waals surface area contributed by atoms with Crippen molar-refractivity contribution in [1.29, 1.82) is 0 Å². The van der Waals surface area contributed by atoms with Crippen molar-refractivity contribution in [1.82, 2.24) is 15.2 Å². The van der Waals surface area contributed by atoms with Gasteiger partial charge in [-0.25, -0.2) is 0 Å². The number of hydrogen-bond donors (Lipinski definition) is 2. The molecule has 6 heteroatoms. The zero-order valence-corrected chi connectivity index (χ0v) is 16.7. The monoisotopic (exact) mass is 442 g/mol. The van der Waals surface area contributed by atoms with Crippen LogP contribution in [0.2, 0.25) is 0 Å². The first-order chi connectivity index (χ1) is 11.3. The van der Waals surface area contributed by atoms with Crippen molar-refractivity contribution in [3.8, 4) is 5.75 Å². The third-order valence-electron chi connectivity index (χ3n) is 3.52. The summed E-state index contributed by atoms with van der Waals surface area (Å²) in [5.74, 6) is 1.78. The van der Waals surface area contributed by atoms with E-state index in [4.69, 9.17) is 4.74 Å². The molecule has 1 aromatic heterocycles. The van der Waals surface area contributed by atoms with E-state index in [0.29, 0.717) is 0 Å². The van der Waals surface area contributed by atoms with E-state index in [1.165, 1.54) is 5.56 Å². The van der Waals surface area contributed by atoms with Gasteiger partial charge in [-0.15, -0.1) is 24.0 Å². The molecule has 1 aromatic carbocycles. The zero-order valence-electron chi connectivity index (χ0n) is 14.4. The first kappa shape index (κ1) is 20.3. The molecule has 2 N–H and O–H groups in total. The lowest BCUT2D eigenvalue weighted by atomic mass is 10.1. The van der Waals surface area contributed by atoms with Gasteiger partial charge in [-0.2, -0.15) is 0 Å². The number of halogens is 1. The number of nitrogens with zero attached hydrogens (tertiary/aromatic N) is 2. The molecule has 0 fully saturated rings. The Morgan fingerprint density at radius 3 is 2.58 bits per heavy atom. The van der Waals surface area contributed by atoms with Crippen molar-refractivity contribution in [3.63, 3.8) is 0 Å². The molecule has 0 spiro atoms. The van der Waals surface area contributed by atoms with Crippen molar-refractivity contribution in [2.24, 2.45) is 4.99 Å². The molecular weight excluding hydrogens is 415 g/mol. The van der Waals surface area contributed by atoms with Gasteiger partial charge >= 0.3 is 0 Å². The number of nitrogens with one attached hydrogen (secondary N) is 2. The number of guanidine groups is 1. The van der Waals surface area contributed by atoms with Crippen LogP contribution in [-0.4, -0.2) is 37.3 Å². The SMILES string of the molecule is CCNC(=NCCc1ccccc1OC)NCCn1cccc1.I. The normalized spacial score (nSPS) is 10.8. The molecule has 0 atom stereocenters. The second-order valence-corrected chi connectivity index (χ2v) is 5.17. The van der Waals surface area contributed by atoms with E-state index < -0.39 is 0 Å².